The summed E-state index contributed by atoms with van der Waals surface area (Å²) < 4.78 is 15.3. The van der Waals surface area contributed by atoms with E-state index >= 15 is 0 Å². The van der Waals surface area contributed by atoms with Crippen LogP contribution in [-0.2, 0) is 5.54 Å². The van der Waals surface area contributed by atoms with Crippen LogP contribution in [0.25, 0.3) is 10.9 Å². The average molecular weight is 504 g/mol. The van der Waals surface area contributed by atoms with Crippen molar-refractivity contribution in [1.82, 2.24) is 30.1 Å². The molecule has 2 aromatic heterocycles. The number of anilines is 1. The molecule has 1 unspecified atom stereocenters. The highest BCUT2D eigenvalue weighted by Gasteiger charge is 2.35. The standard InChI is InChI=1S/C28H34FN7O/c1-6-28(4,5)36-26(31-32-33-36)25(23-17-22-18(2)7-8-19(3)24(22)30-27(23)37)35-15-13-34(14-16-35)21-11-9-20(29)10-12-21/h7-12,17,25H,6,13-16H2,1-5H3,(H,30,37). The summed E-state index contributed by atoms with van der Waals surface area (Å²) in [5, 5.41) is 13.9. The molecule has 0 saturated carbocycles. The number of nitrogens with zero attached hydrogens (tertiary/aromatic N) is 6. The third kappa shape index (κ3) is 4.64. The van der Waals surface area contributed by atoms with Crippen LogP contribution in [0.2, 0.25) is 0 Å². The minimum absolute atomic E-state index is 0.129. The summed E-state index contributed by atoms with van der Waals surface area (Å²) in [7, 11) is 0. The monoisotopic (exact) mass is 503 g/mol. The number of hydrogen-bond acceptors (Lipinski definition) is 6. The maximum atomic E-state index is 13.6. The van der Waals surface area contributed by atoms with Crippen molar-refractivity contribution in [3.8, 4) is 0 Å². The first-order chi connectivity index (χ1) is 17.7. The molecule has 194 valence electrons. The van der Waals surface area contributed by atoms with E-state index in [9.17, 15) is 9.18 Å². The van der Waals surface area contributed by atoms with Crippen molar-refractivity contribution in [2.24, 2.45) is 0 Å². The van der Waals surface area contributed by atoms with E-state index in [1.54, 1.807) is 0 Å². The van der Waals surface area contributed by atoms with Gasteiger partial charge in [-0.2, -0.15) is 0 Å². The van der Waals surface area contributed by atoms with E-state index in [-0.39, 0.29) is 16.9 Å². The Bertz CT molecular complexity index is 1470. The van der Waals surface area contributed by atoms with Crippen LogP contribution in [0.5, 0.6) is 0 Å². The summed E-state index contributed by atoms with van der Waals surface area (Å²) in [6.45, 7) is 13.3. The topological polar surface area (TPSA) is 82.9 Å². The number of fused-ring (bicyclic) bond motifs is 1. The number of aromatic nitrogens is 5. The van der Waals surface area contributed by atoms with Gasteiger partial charge in [0.25, 0.3) is 5.56 Å². The molecule has 0 bridgehead atoms. The van der Waals surface area contributed by atoms with Gasteiger partial charge in [0.05, 0.1) is 11.1 Å². The Labute approximate surface area is 216 Å². The summed E-state index contributed by atoms with van der Waals surface area (Å²) in [6, 6.07) is 12.3. The lowest BCUT2D eigenvalue weighted by Gasteiger charge is -2.40. The molecule has 1 atom stereocenters. The number of piperazine rings is 1. The van der Waals surface area contributed by atoms with Crippen LogP contribution in [0.3, 0.4) is 0 Å². The summed E-state index contributed by atoms with van der Waals surface area (Å²) in [6.07, 6.45) is 0.836. The average Bonchev–Trinajstić information content (AvgIpc) is 3.39. The molecule has 37 heavy (non-hydrogen) atoms. The number of H-pyrrole nitrogens is 1. The Morgan fingerprint density at radius 1 is 1.03 bits per heavy atom. The Hall–Kier alpha value is -3.59. The molecule has 4 aromatic rings. The Morgan fingerprint density at radius 2 is 1.70 bits per heavy atom. The number of pyridine rings is 1. The van der Waals surface area contributed by atoms with Crippen molar-refractivity contribution in [1.29, 1.82) is 0 Å². The van der Waals surface area contributed by atoms with Gasteiger partial charge < -0.3 is 9.88 Å². The lowest BCUT2D eigenvalue weighted by atomic mass is 9.97. The first-order valence-electron chi connectivity index (χ1n) is 12.9. The van der Waals surface area contributed by atoms with Gasteiger partial charge in [0.1, 0.15) is 11.9 Å². The van der Waals surface area contributed by atoms with Gasteiger partial charge in [-0.1, -0.05) is 19.1 Å². The molecule has 0 aliphatic carbocycles. The maximum Gasteiger partial charge on any atom is 0.253 e. The molecule has 1 saturated heterocycles. The molecule has 5 rings (SSSR count). The minimum Gasteiger partial charge on any atom is -0.369 e. The molecule has 9 heteroatoms. The molecule has 0 radical (unpaired) electrons. The Balaban J connectivity index is 1.59. The van der Waals surface area contributed by atoms with Crippen LogP contribution >= 0.6 is 0 Å². The van der Waals surface area contributed by atoms with E-state index in [4.69, 9.17) is 0 Å². The number of rotatable bonds is 6. The third-order valence-electron chi connectivity index (χ3n) is 7.81. The van der Waals surface area contributed by atoms with Crippen LogP contribution in [0, 0.1) is 19.7 Å². The molecule has 1 fully saturated rings. The van der Waals surface area contributed by atoms with E-state index in [1.165, 1.54) is 12.1 Å². The summed E-state index contributed by atoms with van der Waals surface area (Å²) >= 11 is 0. The number of aromatic amines is 1. The van der Waals surface area contributed by atoms with Gasteiger partial charge in [-0.15, -0.1) is 5.10 Å². The fourth-order valence-electron chi connectivity index (χ4n) is 5.13. The van der Waals surface area contributed by atoms with Crippen LogP contribution in [-0.4, -0.2) is 56.3 Å². The molecule has 1 N–H and O–H groups in total. The summed E-state index contributed by atoms with van der Waals surface area (Å²) in [5.41, 5.74) is 4.18. The van der Waals surface area contributed by atoms with E-state index in [0.29, 0.717) is 24.5 Å². The second-order valence-electron chi connectivity index (χ2n) is 10.6. The van der Waals surface area contributed by atoms with E-state index in [0.717, 1.165) is 47.2 Å². The zero-order valence-electron chi connectivity index (χ0n) is 22.1. The summed E-state index contributed by atoms with van der Waals surface area (Å²) in [4.78, 5) is 21.3. The van der Waals surface area contributed by atoms with Crippen molar-refractivity contribution in [3.05, 3.63) is 81.2 Å². The lowest BCUT2D eigenvalue weighted by molar-refractivity contribution is 0.186. The largest absolute Gasteiger partial charge is 0.369 e. The van der Waals surface area contributed by atoms with Gasteiger partial charge >= 0.3 is 0 Å². The number of halogens is 1. The lowest BCUT2D eigenvalue weighted by Crippen LogP contribution is -2.49. The molecule has 0 amide bonds. The molecular formula is C28H34FN7O. The molecule has 0 spiro atoms. The fraction of sp³-hybridized carbons (Fsp3) is 0.429. The first-order valence-corrected chi connectivity index (χ1v) is 12.9. The van der Waals surface area contributed by atoms with Gasteiger partial charge in [0, 0.05) is 42.8 Å². The highest BCUT2D eigenvalue weighted by atomic mass is 19.1. The number of nitrogens with one attached hydrogen (secondary N) is 1. The van der Waals surface area contributed by atoms with E-state index in [2.05, 4.69) is 64.1 Å². The zero-order chi connectivity index (χ0) is 26.3. The normalized spacial score (nSPS) is 15.9. The van der Waals surface area contributed by atoms with E-state index in [1.807, 2.05) is 35.9 Å². The second-order valence-corrected chi connectivity index (χ2v) is 10.6. The van der Waals surface area contributed by atoms with Crippen molar-refractivity contribution in [2.75, 3.05) is 31.1 Å². The fourth-order valence-corrected chi connectivity index (χ4v) is 5.13. The number of tetrazole rings is 1. The predicted molar refractivity (Wildman–Crippen MR) is 144 cm³/mol. The highest BCUT2D eigenvalue weighted by Crippen LogP contribution is 2.32. The molecule has 8 nitrogen and oxygen atoms in total. The van der Waals surface area contributed by atoms with Gasteiger partial charge in [-0.05, 0) is 86.0 Å². The SMILES string of the molecule is CCC(C)(C)n1nnnc1C(c1cc2c(C)ccc(C)c2[nH]c1=O)N1CCN(c2ccc(F)cc2)CC1. The van der Waals surface area contributed by atoms with Crippen LogP contribution in [0.15, 0.2) is 47.3 Å². The minimum atomic E-state index is -0.413. The molecule has 2 aromatic carbocycles. The molecule has 1 aliphatic rings. The van der Waals surface area contributed by atoms with Crippen molar-refractivity contribution in [2.45, 2.75) is 52.6 Å². The van der Waals surface area contributed by atoms with Crippen LogP contribution in [0.1, 0.15) is 55.7 Å². The number of aryl methyl sites for hydroxylation is 2. The van der Waals surface area contributed by atoms with E-state index < -0.39 is 6.04 Å². The molecule has 1 aliphatic heterocycles. The second kappa shape index (κ2) is 9.70. The quantitative estimate of drug-likeness (QED) is 0.422. The van der Waals surface area contributed by atoms with Crippen molar-refractivity contribution < 1.29 is 4.39 Å². The predicted octanol–water partition coefficient (Wildman–Crippen LogP) is 4.33. The first kappa shape index (κ1) is 25.1. The number of benzene rings is 2. The Morgan fingerprint density at radius 3 is 2.38 bits per heavy atom. The smallest absolute Gasteiger partial charge is 0.253 e. The zero-order valence-corrected chi connectivity index (χ0v) is 22.1. The van der Waals surface area contributed by atoms with Crippen molar-refractivity contribution >= 4 is 16.6 Å². The van der Waals surface area contributed by atoms with Gasteiger partial charge in [-0.3, -0.25) is 9.69 Å². The Kier molecular flexibility index (Phi) is 6.58. The van der Waals surface area contributed by atoms with Crippen LogP contribution < -0.4 is 10.5 Å². The van der Waals surface area contributed by atoms with Gasteiger partial charge in [0.15, 0.2) is 5.82 Å². The van der Waals surface area contributed by atoms with Crippen LogP contribution in [0.4, 0.5) is 10.1 Å². The highest BCUT2D eigenvalue weighted by molar-refractivity contribution is 5.85. The maximum absolute atomic E-state index is 13.6. The van der Waals surface area contributed by atoms with Gasteiger partial charge in [0.2, 0.25) is 0 Å². The molecule has 3 heterocycles. The van der Waals surface area contributed by atoms with Gasteiger partial charge in [-0.25, -0.2) is 9.07 Å². The molecular weight excluding hydrogens is 469 g/mol. The third-order valence-corrected chi connectivity index (χ3v) is 7.81. The van der Waals surface area contributed by atoms with Crippen molar-refractivity contribution in [3.63, 3.8) is 0 Å². The summed E-state index contributed by atoms with van der Waals surface area (Å²) in [5.74, 6) is 0.422. The number of hydrogen-bond donors (Lipinski definition) is 1.